The van der Waals surface area contributed by atoms with Crippen molar-refractivity contribution < 1.29 is 24.5 Å². The Morgan fingerprint density at radius 3 is 2.00 bits per heavy atom. The first-order valence-electron chi connectivity index (χ1n) is 6.25. The quantitative estimate of drug-likeness (QED) is 0.615. The molecule has 0 radical (unpaired) electrons. The van der Waals surface area contributed by atoms with Crippen LogP contribution in [-0.4, -0.2) is 39.4 Å². The molecule has 0 aliphatic heterocycles. The molecule has 0 bridgehead atoms. The number of hydrogen-bond acceptors (Lipinski definition) is 5. The third-order valence-electron chi connectivity index (χ3n) is 2.67. The van der Waals surface area contributed by atoms with E-state index < -0.39 is 30.4 Å². The second kappa shape index (κ2) is 7.02. The molecule has 0 saturated carbocycles. The van der Waals surface area contributed by atoms with Crippen LogP contribution >= 0.6 is 0 Å². The van der Waals surface area contributed by atoms with Crippen LogP contribution in [0.3, 0.4) is 0 Å². The average Bonchev–Trinajstić information content (AvgIpc) is 2.35. The van der Waals surface area contributed by atoms with E-state index >= 15 is 0 Å². The normalized spacial score (nSPS) is 15.1. The maximum absolute atomic E-state index is 12.4. The standard InChI is InChI=1S/C14H19NO5/c1-9(16)15(10(2)17)14(19)13(20-11(3)18)12-7-5-4-6-8-12/h4-10,13,16-17H,1-3H3. The van der Waals surface area contributed by atoms with Gasteiger partial charge in [-0.15, -0.1) is 0 Å². The van der Waals surface area contributed by atoms with Crippen molar-refractivity contribution in [3.63, 3.8) is 0 Å². The Hall–Kier alpha value is -1.92. The Labute approximate surface area is 117 Å². The van der Waals surface area contributed by atoms with Gasteiger partial charge in [-0.1, -0.05) is 30.3 Å². The van der Waals surface area contributed by atoms with Crippen molar-refractivity contribution in [1.82, 2.24) is 4.90 Å². The van der Waals surface area contributed by atoms with E-state index in [4.69, 9.17) is 4.74 Å². The van der Waals surface area contributed by atoms with Crippen molar-refractivity contribution in [2.45, 2.75) is 39.3 Å². The number of carbonyl (C=O) groups excluding carboxylic acids is 2. The first-order valence-corrected chi connectivity index (χ1v) is 6.25. The highest BCUT2D eigenvalue weighted by molar-refractivity contribution is 5.85. The summed E-state index contributed by atoms with van der Waals surface area (Å²) in [5.41, 5.74) is 0.471. The lowest BCUT2D eigenvalue weighted by Gasteiger charge is -2.31. The molecule has 0 aliphatic rings. The molecule has 1 amide bonds. The SMILES string of the molecule is CC(=O)OC(C(=O)N(C(C)O)C(C)O)c1ccccc1. The van der Waals surface area contributed by atoms with Crippen LogP contribution in [-0.2, 0) is 14.3 Å². The second-order valence-corrected chi connectivity index (χ2v) is 4.41. The van der Waals surface area contributed by atoms with Crippen LogP contribution in [0.5, 0.6) is 0 Å². The van der Waals surface area contributed by atoms with Gasteiger partial charge >= 0.3 is 5.97 Å². The fourth-order valence-electron chi connectivity index (χ4n) is 1.87. The van der Waals surface area contributed by atoms with Gasteiger partial charge in [0.1, 0.15) is 12.5 Å². The number of hydrogen-bond donors (Lipinski definition) is 2. The van der Waals surface area contributed by atoms with Gasteiger partial charge in [0, 0.05) is 12.5 Å². The van der Waals surface area contributed by atoms with E-state index in [9.17, 15) is 19.8 Å². The van der Waals surface area contributed by atoms with Gasteiger partial charge in [0.05, 0.1) is 0 Å². The summed E-state index contributed by atoms with van der Waals surface area (Å²) < 4.78 is 5.03. The lowest BCUT2D eigenvalue weighted by atomic mass is 10.1. The molecule has 0 spiro atoms. The number of benzene rings is 1. The van der Waals surface area contributed by atoms with E-state index in [0.29, 0.717) is 5.56 Å². The van der Waals surface area contributed by atoms with Gasteiger partial charge in [-0.2, -0.15) is 0 Å². The number of esters is 1. The summed E-state index contributed by atoms with van der Waals surface area (Å²) in [6.45, 7) is 3.89. The summed E-state index contributed by atoms with van der Waals surface area (Å²) in [7, 11) is 0. The van der Waals surface area contributed by atoms with Crippen LogP contribution in [0.4, 0.5) is 0 Å². The first-order chi connectivity index (χ1) is 9.34. The van der Waals surface area contributed by atoms with Crippen LogP contribution in [0.1, 0.15) is 32.4 Å². The Bertz CT molecular complexity index is 450. The van der Waals surface area contributed by atoms with Gasteiger partial charge in [0.15, 0.2) is 0 Å². The van der Waals surface area contributed by atoms with Crippen LogP contribution < -0.4 is 0 Å². The number of rotatable bonds is 5. The molecule has 0 heterocycles. The molecule has 20 heavy (non-hydrogen) atoms. The molecule has 0 fully saturated rings. The van der Waals surface area contributed by atoms with Gasteiger partial charge in [-0.3, -0.25) is 14.5 Å². The molecule has 6 nitrogen and oxygen atoms in total. The molecule has 1 aromatic rings. The van der Waals surface area contributed by atoms with Crippen LogP contribution in [0.15, 0.2) is 30.3 Å². The lowest BCUT2D eigenvalue weighted by molar-refractivity contribution is -0.174. The number of nitrogens with zero attached hydrogens (tertiary/aromatic N) is 1. The van der Waals surface area contributed by atoms with Crippen molar-refractivity contribution >= 4 is 11.9 Å². The fourth-order valence-corrected chi connectivity index (χ4v) is 1.87. The van der Waals surface area contributed by atoms with Crippen LogP contribution in [0, 0.1) is 0 Å². The van der Waals surface area contributed by atoms with Crippen LogP contribution in [0.2, 0.25) is 0 Å². The van der Waals surface area contributed by atoms with E-state index in [1.54, 1.807) is 30.3 Å². The van der Waals surface area contributed by atoms with Crippen molar-refractivity contribution in [2.75, 3.05) is 0 Å². The van der Waals surface area contributed by atoms with Gasteiger partial charge in [0.25, 0.3) is 5.91 Å². The van der Waals surface area contributed by atoms with E-state index in [0.717, 1.165) is 4.90 Å². The number of aliphatic hydroxyl groups is 2. The number of aliphatic hydroxyl groups excluding tert-OH is 2. The molecule has 3 unspecified atom stereocenters. The lowest BCUT2D eigenvalue weighted by Crippen LogP contribution is -2.47. The summed E-state index contributed by atoms with van der Waals surface area (Å²) in [5, 5.41) is 19.2. The molecular formula is C14H19NO5. The molecule has 1 aromatic carbocycles. The van der Waals surface area contributed by atoms with E-state index in [1.807, 2.05) is 0 Å². The maximum atomic E-state index is 12.4. The van der Waals surface area contributed by atoms with Gasteiger partial charge < -0.3 is 14.9 Å². The minimum atomic E-state index is -1.20. The largest absolute Gasteiger partial charge is 0.447 e. The molecule has 0 aliphatic carbocycles. The smallest absolute Gasteiger partial charge is 0.303 e. The van der Waals surface area contributed by atoms with Crippen molar-refractivity contribution in [3.8, 4) is 0 Å². The molecule has 1 rings (SSSR count). The summed E-state index contributed by atoms with van der Waals surface area (Å²) in [6, 6.07) is 8.43. The molecule has 0 aromatic heterocycles. The van der Waals surface area contributed by atoms with Gasteiger partial charge in [-0.05, 0) is 13.8 Å². The second-order valence-electron chi connectivity index (χ2n) is 4.41. The van der Waals surface area contributed by atoms with Crippen LogP contribution in [0.25, 0.3) is 0 Å². The minimum Gasteiger partial charge on any atom is -0.447 e. The monoisotopic (exact) mass is 281 g/mol. The third-order valence-corrected chi connectivity index (χ3v) is 2.67. The summed E-state index contributed by atoms with van der Waals surface area (Å²) in [6.07, 6.45) is -3.61. The number of carbonyl (C=O) groups is 2. The van der Waals surface area contributed by atoms with Crippen molar-refractivity contribution in [2.24, 2.45) is 0 Å². The fraction of sp³-hybridized carbons (Fsp3) is 0.429. The van der Waals surface area contributed by atoms with E-state index in [2.05, 4.69) is 0 Å². The van der Waals surface area contributed by atoms with Gasteiger partial charge in [0.2, 0.25) is 6.10 Å². The topological polar surface area (TPSA) is 87.1 Å². The zero-order valence-corrected chi connectivity index (χ0v) is 11.7. The first kappa shape index (κ1) is 16.1. The number of ether oxygens (including phenoxy) is 1. The molecule has 110 valence electrons. The zero-order valence-electron chi connectivity index (χ0n) is 11.7. The summed E-state index contributed by atoms with van der Waals surface area (Å²) in [5.74, 6) is -1.31. The molecule has 2 N–H and O–H groups in total. The predicted octanol–water partition coefficient (Wildman–Crippen LogP) is 0.796. The van der Waals surface area contributed by atoms with Crippen molar-refractivity contribution in [1.29, 1.82) is 0 Å². The molecule has 3 atom stereocenters. The van der Waals surface area contributed by atoms with Gasteiger partial charge in [-0.25, -0.2) is 0 Å². The molecule has 0 saturated heterocycles. The maximum Gasteiger partial charge on any atom is 0.303 e. The highest BCUT2D eigenvalue weighted by Gasteiger charge is 2.32. The summed E-state index contributed by atoms with van der Waals surface area (Å²) in [4.78, 5) is 24.4. The minimum absolute atomic E-state index is 0.471. The predicted molar refractivity (Wildman–Crippen MR) is 71.2 cm³/mol. The van der Waals surface area contributed by atoms with E-state index in [1.165, 1.54) is 20.8 Å². The van der Waals surface area contributed by atoms with Crippen molar-refractivity contribution in [3.05, 3.63) is 35.9 Å². The average molecular weight is 281 g/mol. The molecular weight excluding hydrogens is 262 g/mol. The highest BCUT2D eigenvalue weighted by Crippen LogP contribution is 2.22. The Morgan fingerprint density at radius 2 is 1.60 bits per heavy atom. The third kappa shape index (κ3) is 4.04. The Balaban J connectivity index is 3.10. The zero-order chi connectivity index (χ0) is 15.3. The number of amides is 1. The Morgan fingerprint density at radius 1 is 1.10 bits per heavy atom. The highest BCUT2D eigenvalue weighted by atomic mass is 16.5. The summed E-state index contributed by atoms with van der Waals surface area (Å²) >= 11 is 0. The van der Waals surface area contributed by atoms with E-state index in [-0.39, 0.29) is 0 Å². The Kier molecular flexibility index (Phi) is 5.66. The molecule has 6 heteroatoms.